The van der Waals surface area contributed by atoms with Gasteiger partial charge in [0.15, 0.2) is 0 Å². The van der Waals surface area contributed by atoms with Gasteiger partial charge in [-0.15, -0.1) is 0 Å². The Bertz CT molecular complexity index is 1420. The smallest absolute Gasteiger partial charge is 0.119 e. The van der Waals surface area contributed by atoms with Crippen LogP contribution < -0.4 is 4.74 Å². The maximum Gasteiger partial charge on any atom is 0.119 e. The molecule has 0 aliphatic rings. The van der Waals surface area contributed by atoms with E-state index >= 15 is 0 Å². The largest absolute Gasteiger partial charge is 0.497 e. The molecule has 0 radical (unpaired) electrons. The minimum absolute atomic E-state index is 0.825. The SMILES string of the molecule is COc1ccc(N=Cc2c(-c3ccc(Br)c4ccccc34)ccc3ccccc23)cc1. The minimum atomic E-state index is 0.825. The summed E-state index contributed by atoms with van der Waals surface area (Å²) in [6, 6.07) is 33.4. The molecule has 3 heteroatoms. The molecule has 0 saturated carbocycles. The van der Waals surface area contributed by atoms with Crippen LogP contribution >= 0.6 is 15.9 Å². The monoisotopic (exact) mass is 465 g/mol. The Labute approximate surface area is 190 Å². The van der Waals surface area contributed by atoms with Crippen LogP contribution in [0, 0.1) is 0 Å². The van der Waals surface area contributed by atoms with Gasteiger partial charge in [-0.2, -0.15) is 0 Å². The molecular weight excluding hydrogens is 446 g/mol. The average Bonchev–Trinajstić information content (AvgIpc) is 2.83. The first-order valence-electron chi connectivity index (χ1n) is 10.1. The number of fused-ring (bicyclic) bond motifs is 2. The normalized spacial score (nSPS) is 11.4. The second-order valence-electron chi connectivity index (χ2n) is 7.34. The number of nitrogens with zero attached hydrogens (tertiary/aromatic N) is 1. The molecule has 0 spiro atoms. The number of hydrogen-bond donors (Lipinski definition) is 0. The van der Waals surface area contributed by atoms with Crippen molar-refractivity contribution in [3.05, 3.63) is 107 Å². The van der Waals surface area contributed by atoms with Crippen LogP contribution in [0.3, 0.4) is 0 Å². The van der Waals surface area contributed by atoms with Crippen molar-refractivity contribution in [2.24, 2.45) is 4.99 Å². The summed E-state index contributed by atoms with van der Waals surface area (Å²) in [6.45, 7) is 0. The van der Waals surface area contributed by atoms with Gasteiger partial charge in [0.25, 0.3) is 0 Å². The minimum Gasteiger partial charge on any atom is -0.497 e. The second-order valence-corrected chi connectivity index (χ2v) is 8.20. The lowest BCUT2D eigenvalue weighted by Crippen LogP contribution is -1.92. The van der Waals surface area contributed by atoms with E-state index in [2.05, 4.69) is 88.7 Å². The number of hydrogen-bond acceptors (Lipinski definition) is 2. The van der Waals surface area contributed by atoms with E-state index in [4.69, 9.17) is 9.73 Å². The van der Waals surface area contributed by atoms with Crippen molar-refractivity contribution >= 4 is 49.4 Å². The van der Waals surface area contributed by atoms with Crippen molar-refractivity contribution in [2.75, 3.05) is 7.11 Å². The van der Waals surface area contributed by atoms with Crippen LogP contribution in [-0.2, 0) is 0 Å². The molecule has 150 valence electrons. The van der Waals surface area contributed by atoms with Crippen LogP contribution in [0.4, 0.5) is 5.69 Å². The highest BCUT2D eigenvalue weighted by Crippen LogP contribution is 2.37. The van der Waals surface area contributed by atoms with Gasteiger partial charge in [0.2, 0.25) is 0 Å². The molecule has 5 aromatic rings. The van der Waals surface area contributed by atoms with Gasteiger partial charge in [0, 0.05) is 16.3 Å². The van der Waals surface area contributed by atoms with E-state index in [1.54, 1.807) is 7.11 Å². The van der Waals surface area contributed by atoms with Crippen molar-refractivity contribution in [3.63, 3.8) is 0 Å². The third-order valence-corrected chi connectivity index (χ3v) is 6.24. The summed E-state index contributed by atoms with van der Waals surface area (Å²) in [5.74, 6) is 0.825. The lowest BCUT2D eigenvalue weighted by molar-refractivity contribution is 0.415. The highest BCUT2D eigenvalue weighted by atomic mass is 79.9. The molecular formula is C28H20BrNO. The highest BCUT2D eigenvalue weighted by molar-refractivity contribution is 9.10. The van der Waals surface area contributed by atoms with Crippen LogP contribution in [0.5, 0.6) is 5.75 Å². The summed E-state index contributed by atoms with van der Waals surface area (Å²) >= 11 is 3.70. The summed E-state index contributed by atoms with van der Waals surface area (Å²) in [4.78, 5) is 4.80. The number of benzene rings is 5. The first kappa shape index (κ1) is 19.5. The average molecular weight is 466 g/mol. The van der Waals surface area contributed by atoms with E-state index < -0.39 is 0 Å². The van der Waals surface area contributed by atoms with Crippen molar-refractivity contribution in [1.29, 1.82) is 0 Å². The third kappa shape index (κ3) is 3.73. The Morgan fingerprint density at radius 2 is 1.35 bits per heavy atom. The molecule has 0 heterocycles. The second kappa shape index (κ2) is 8.37. The number of ether oxygens (including phenoxy) is 1. The van der Waals surface area contributed by atoms with Gasteiger partial charge in [-0.25, -0.2) is 0 Å². The first-order chi connectivity index (χ1) is 15.2. The highest BCUT2D eigenvalue weighted by Gasteiger charge is 2.12. The Kier molecular flexibility index (Phi) is 5.27. The number of aliphatic imine (C=N–C) groups is 1. The molecule has 0 unspecified atom stereocenters. The molecule has 0 amide bonds. The van der Waals surface area contributed by atoms with E-state index in [0.29, 0.717) is 0 Å². The van der Waals surface area contributed by atoms with Crippen molar-refractivity contribution in [3.8, 4) is 16.9 Å². The third-order valence-electron chi connectivity index (χ3n) is 5.55. The molecule has 0 saturated heterocycles. The summed E-state index contributed by atoms with van der Waals surface area (Å²) in [5, 5.41) is 4.80. The zero-order valence-corrected chi connectivity index (χ0v) is 18.6. The van der Waals surface area contributed by atoms with Gasteiger partial charge in [-0.05, 0) is 63.0 Å². The van der Waals surface area contributed by atoms with E-state index in [1.165, 1.54) is 32.7 Å². The first-order valence-corrected chi connectivity index (χ1v) is 10.9. The van der Waals surface area contributed by atoms with Crippen molar-refractivity contribution in [2.45, 2.75) is 0 Å². The Balaban J connectivity index is 1.73. The fourth-order valence-electron chi connectivity index (χ4n) is 3.97. The quantitative estimate of drug-likeness (QED) is 0.245. The molecule has 0 fully saturated rings. The van der Waals surface area contributed by atoms with E-state index in [0.717, 1.165) is 21.5 Å². The molecule has 0 aliphatic heterocycles. The summed E-state index contributed by atoms with van der Waals surface area (Å²) < 4.78 is 6.36. The van der Waals surface area contributed by atoms with Gasteiger partial charge in [-0.3, -0.25) is 4.99 Å². The standard InChI is InChI=1S/C28H20BrNO/c1-31-21-13-11-20(12-14-21)30-18-27-22-7-3-2-6-19(22)10-15-25(27)24-16-17-28(29)26-9-5-4-8-23(24)26/h2-18H,1H3. The lowest BCUT2D eigenvalue weighted by atomic mass is 9.91. The van der Waals surface area contributed by atoms with Gasteiger partial charge < -0.3 is 4.74 Å². The maximum atomic E-state index is 5.26. The van der Waals surface area contributed by atoms with Crippen molar-refractivity contribution in [1.82, 2.24) is 0 Å². The van der Waals surface area contributed by atoms with E-state index in [-0.39, 0.29) is 0 Å². The summed E-state index contributed by atoms with van der Waals surface area (Å²) in [7, 11) is 1.67. The predicted octanol–water partition coefficient (Wildman–Crippen LogP) is 8.18. The van der Waals surface area contributed by atoms with Crippen LogP contribution in [-0.4, -0.2) is 13.3 Å². The molecule has 0 aliphatic carbocycles. The molecule has 31 heavy (non-hydrogen) atoms. The molecule has 2 nitrogen and oxygen atoms in total. The lowest BCUT2D eigenvalue weighted by Gasteiger charge is -2.13. The van der Waals surface area contributed by atoms with Gasteiger partial charge >= 0.3 is 0 Å². The molecule has 0 aromatic heterocycles. The number of methoxy groups -OCH3 is 1. The Hall–Kier alpha value is -3.43. The predicted molar refractivity (Wildman–Crippen MR) is 135 cm³/mol. The molecule has 5 rings (SSSR count). The van der Waals surface area contributed by atoms with Crippen LogP contribution in [0.25, 0.3) is 32.7 Å². The Morgan fingerprint density at radius 3 is 2.13 bits per heavy atom. The number of rotatable bonds is 4. The maximum absolute atomic E-state index is 5.26. The van der Waals surface area contributed by atoms with Crippen molar-refractivity contribution < 1.29 is 4.74 Å². The molecule has 0 atom stereocenters. The fourth-order valence-corrected chi connectivity index (χ4v) is 4.45. The van der Waals surface area contributed by atoms with Gasteiger partial charge in [-0.1, -0.05) is 82.7 Å². The van der Waals surface area contributed by atoms with Crippen LogP contribution in [0.1, 0.15) is 5.56 Å². The van der Waals surface area contributed by atoms with Gasteiger partial charge in [0.1, 0.15) is 5.75 Å². The molecule has 0 bridgehead atoms. The van der Waals surface area contributed by atoms with E-state index in [9.17, 15) is 0 Å². The molecule has 0 N–H and O–H groups in total. The number of halogens is 1. The summed E-state index contributed by atoms with van der Waals surface area (Å²) in [5.41, 5.74) is 4.36. The molecule has 5 aromatic carbocycles. The van der Waals surface area contributed by atoms with Gasteiger partial charge in [0.05, 0.1) is 12.8 Å². The zero-order valence-electron chi connectivity index (χ0n) is 17.0. The Morgan fingerprint density at radius 1 is 0.677 bits per heavy atom. The van der Waals surface area contributed by atoms with Crippen LogP contribution in [0.2, 0.25) is 0 Å². The topological polar surface area (TPSA) is 21.6 Å². The van der Waals surface area contributed by atoms with E-state index in [1.807, 2.05) is 30.5 Å². The fraction of sp³-hybridized carbons (Fsp3) is 0.0357. The summed E-state index contributed by atoms with van der Waals surface area (Å²) in [6.07, 6.45) is 1.98. The zero-order chi connectivity index (χ0) is 21.2. The van der Waals surface area contributed by atoms with Crippen LogP contribution in [0.15, 0.2) is 107 Å².